The second kappa shape index (κ2) is 10.0. The van der Waals surface area contributed by atoms with Crippen LogP contribution in [-0.2, 0) is 14.3 Å². The van der Waals surface area contributed by atoms with Crippen LogP contribution in [0.3, 0.4) is 0 Å². The number of esters is 1. The van der Waals surface area contributed by atoms with Gasteiger partial charge in [0.05, 0.1) is 19.8 Å². The second-order valence-electron chi connectivity index (χ2n) is 3.71. The average molecular weight is 325 g/mol. The summed E-state index contributed by atoms with van der Waals surface area (Å²) in [7, 11) is 0. The van der Waals surface area contributed by atoms with E-state index in [-0.39, 0.29) is 13.2 Å². The summed E-state index contributed by atoms with van der Waals surface area (Å²) in [5.74, 6) is -0.443. The molecule has 6 nitrogen and oxygen atoms in total. The largest absolute Gasteiger partial charge is 0.479 e. The fraction of sp³-hybridized carbons (Fsp3) is 0.385. The van der Waals surface area contributed by atoms with E-state index in [1.165, 1.54) is 0 Å². The quantitative estimate of drug-likeness (QED) is 0.191. The molecule has 0 aromatic heterocycles. The molecule has 1 unspecified atom stereocenters. The number of hydrogen-bond acceptors (Lipinski definition) is 6. The van der Waals surface area contributed by atoms with Crippen molar-refractivity contribution in [3.63, 3.8) is 0 Å². The number of azide groups is 1. The molecule has 0 spiro atoms. The van der Waals surface area contributed by atoms with Gasteiger partial charge in [-0.1, -0.05) is 47.2 Å². The maximum atomic E-state index is 12.2. The molecule has 8 heteroatoms. The van der Waals surface area contributed by atoms with Gasteiger partial charge in [-0.05, 0) is 30.2 Å². The van der Waals surface area contributed by atoms with Crippen molar-refractivity contribution in [1.82, 2.24) is 0 Å². The molecule has 1 atom stereocenters. The highest BCUT2D eigenvalue weighted by Gasteiger charge is 2.25. The molecule has 112 valence electrons. The van der Waals surface area contributed by atoms with Gasteiger partial charge in [-0.15, -0.1) is 0 Å². The third kappa shape index (κ3) is 6.48. The van der Waals surface area contributed by atoms with Crippen LogP contribution in [0.4, 0.5) is 0 Å². The molecule has 0 aliphatic heterocycles. The van der Waals surface area contributed by atoms with Crippen LogP contribution in [-0.4, -0.2) is 30.1 Å². The van der Waals surface area contributed by atoms with E-state index in [2.05, 4.69) is 10.0 Å². The van der Waals surface area contributed by atoms with Gasteiger partial charge in [-0.3, -0.25) is 4.79 Å². The lowest BCUT2D eigenvalue weighted by atomic mass is 10.1. The van der Waals surface area contributed by atoms with Crippen LogP contribution in [0.5, 0.6) is 0 Å². The smallest absolute Gasteiger partial charge is 0.324 e. The Morgan fingerprint density at radius 1 is 1.43 bits per heavy atom. The fourth-order valence-electron chi connectivity index (χ4n) is 1.44. The van der Waals surface area contributed by atoms with E-state index in [9.17, 15) is 4.79 Å². The van der Waals surface area contributed by atoms with Gasteiger partial charge >= 0.3 is 5.97 Å². The minimum absolute atomic E-state index is 0.0359. The van der Waals surface area contributed by atoms with Gasteiger partial charge in [0.25, 0.3) is 0 Å². The Kier molecular flexibility index (Phi) is 8.27. The number of thiocarbonyl (C=S) groups is 1. The molecule has 0 aliphatic rings. The zero-order valence-electron chi connectivity index (χ0n) is 11.5. The normalized spacial score (nSPS) is 11.1. The van der Waals surface area contributed by atoms with Crippen molar-refractivity contribution in [2.45, 2.75) is 12.2 Å². The van der Waals surface area contributed by atoms with E-state index in [0.717, 1.165) is 17.3 Å². The van der Waals surface area contributed by atoms with E-state index in [4.69, 9.17) is 27.2 Å². The molecular weight excluding hydrogens is 310 g/mol. The van der Waals surface area contributed by atoms with Crippen molar-refractivity contribution in [1.29, 1.82) is 0 Å². The summed E-state index contributed by atoms with van der Waals surface area (Å²) in [5, 5.41) is 2.71. The standard InChI is InChI=1S/C13H15N3O3S2/c1-2-18-13(20)21-11(10-6-4-3-5-7-10)12(17)19-9-8-15-16-14/h3-7,11H,2,8-9H2,1H3. The number of benzene rings is 1. The second-order valence-corrected chi connectivity index (χ2v) is 5.42. The Morgan fingerprint density at radius 2 is 2.14 bits per heavy atom. The first kappa shape index (κ1) is 17.3. The van der Waals surface area contributed by atoms with Crippen molar-refractivity contribution < 1.29 is 14.3 Å². The lowest BCUT2D eigenvalue weighted by Gasteiger charge is -2.16. The van der Waals surface area contributed by atoms with Crippen LogP contribution in [0.15, 0.2) is 35.4 Å². The minimum atomic E-state index is -0.601. The zero-order chi connectivity index (χ0) is 15.5. The molecule has 0 bridgehead atoms. The van der Waals surface area contributed by atoms with E-state index >= 15 is 0 Å². The molecule has 0 amide bonds. The first-order valence-electron chi connectivity index (χ1n) is 6.25. The zero-order valence-corrected chi connectivity index (χ0v) is 13.1. The monoisotopic (exact) mass is 325 g/mol. The number of carbonyl (C=O) groups is 1. The van der Waals surface area contributed by atoms with Gasteiger partial charge in [0.1, 0.15) is 5.25 Å². The van der Waals surface area contributed by atoms with Crippen molar-refractivity contribution in [3.8, 4) is 0 Å². The number of ether oxygens (including phenoxy) is 2. The maximum absolute atomic E-state index is 12.2. The Morgan fingerprint density at radius 3 is 2.76 bits per heavy atom. The molecule has 1 aromatic rings. The fourth-order valence-corrected chi connectivity index (χ4v) is 2.68. The Hall–Kier alpha value is -1.76. The minimum Gasteiger partial charge on any atom is -0.479 e. The van der Waals surface area contributed by atoms with Gasteiger partial charge < -0.3 is 9.47 Å². The van der Waals surface area contributed by atoms with Crippen LogP contribution in [0.25, 0.3) is 10.4 Å². The lowest BCUT2D eigenvalue weighted by molar-refractivity contribution is -0.142. The van der Waals surface area contributed by atoms with E-state index in [1.807, 2.05) is 37.3 Å². The molecule has 1 aromatic carbocycles. The maximum Gasteiger partial charge on any atom is 0.324 e. The summed E-state index contributed by atoms with van der Waals surface area (Å²) in [4.78, 5) is 14.7. The summed E-state index contributed by atoms with van der Waals surface area (Å²) >= 11 is 6.19. The molecule has 0 saturated heterocycles. The number of rotatable bonds is 7. The topological polar surface area (TPSA) is 84.3 Å². The third-order valence-corrected chi connectivity index (χ3v) is 3.71. The van der Waals surface area contributed by atoms with Gasteiger partial charge in [-0.2, -0.15) is 0 Å². The number of thioether (sulfide) groups is 1. The van der Waals surface area contributed by atoms with Gasteiger partial charge in [0.15, 0.2) is 0 Å². The van der Waals surface area contributed by atoms with Crippen LogP contribution < -0.4 is 0 Å². The molecule has 0 aliphatic carbocycles. The van der Waals surface area contributed by atoms with Crippen LogP contribution >= 0.6 is 24.0 Å². The van der Waals surface area contributed by atoms with Crippen LogP contribution in [0.2, 0.25) is 0 Å². The summed E-state index contributed by atoms with van der Waals surface area (Å²) in [6.45, 7) is 2.40. The van der Waals surface area contributed by atoms with Gasteiger partial charge in [0, 0.05) is 4.91 Å². The third-order valence-electron chi connectivity index (χ3n) is 2.29. The molecule has 0 heterocycles. The Bertz CT molecular complexity index is 519. The molecule has 0 fully saturated rings. The molecular formula is C13H15N3O3S2. The summed E-state index contributed by atoms with van der Waals surface area (Å²) in [5.41, 5.74) is 8.95. The SMILES string of the molecule is CCOC(=S)SC(C(=O)OCCN=[N+]=[N-])c1ccccc1. The summed E-state index contributed by atoms with van der Waals surface area (Å²) in [6.07, 6.45) is 0. The molecule has 0 radical (unpaired) electrons. The average Bonchev–Trinajstić information content (AvgIpc) is 2.50. The van der Waals surface area contributed by atoms with E-state index in [0.29, 0.717) is 11.0 Å². The summed E-state index contributed by atoms with van der Waals surface area (Å²) < 4.78 is 10.6. The van der Waals surface area contributed by atoms with Crippen LogP contribution in [0, 0.1) is 0 Å². The van der Waals surface area contributed by atoms with Crippen molar-refractivity contribution >= 4 is 34.3 Å². The molecule has 0 saturated carbocycles. The molecule has 1 rings (SSSR count). The molecule has 21 heavy (non-hydrogen) atoms. The highest BCUT2D eigenvalue weighted by molar-refractivity contribution is 8.23. The lowest BCUT2D eigenvalue weighted by Crippen LogP contribution is -2.17. The predicted octanol–water partition coefficient (Wildman–Crippen LogP) is 3.64. The number of hydrogen-bond donors (Lipinski definition) is 0. The van der Waals surface area contributed by atoms with Gasteiger partial charge in [-0.25, -0.2) is 0 Å². The van der Waals surface area contributed by atoms with E-state index in [1.54, 1.807) is 0 Å². The molecule has 0 N–H and O–H groups in total. The number of carbonyl (C=O) groups excluding carboxylic acids is 1. The highest BCUT2D eigenvalue weighted by Crippen LogP contribution is 2.31. The van der Waals surface area contributed by atoms with Crippen LogP contribution in [0.1, 0.15) is 17.7 Å². The van der Waals surface area contributed by atoms with Crippen molar-refractivity contribution in [2.75, 3.05) is 19.8 Å². The predicted molar refractivity (Wildman–Crippen MR) is 86.0 cm³/mol. The van der Waals surface area contributed by atoms with Crippen molar-refractivity contribution in [2.24, 2.45) is 5.11 Å². The Labute approximate surface area is 132 Å². The number of nitrogens with zero attached hydrogens (tertiary/aromatic N) is 3. The first-order chi connectivity index (χ1) is 10.2. The van der Waals surface area contributed by atoms with Crippen molar-refractivity contribution in [3.05, 3.63) is 46.3 Å². The van der Waals surface area contributed by atoms with E-state index < -0.39 is 11.2 Å². The Balaban J connectivity index is 2.74. The summed E-state index contributed by atoms with van der Waals surface area (Å²) in [6, 6.07) is 9.17. The van der Waals surface area contributed by atoms with Gasteiger partial charge in [0.2, 0.25) is 4.38 Å². The first-order valence-corrected chi connectivity index (χ1v) is 7.53. The highest BCUT2D eigenvalue weighted by atomic mass is 32.2.